The minimum Gasteiger partial charge on any atom is -0.464 e. The maximum Gasteiger partial charge on any atom is 0.133 e. The van der Waals surface area contributed by atoms with Gasteiger partial charge in [-0.15, -0.1) is 0 Å². The van der Waals surface area contributed by atoms with Crippen LogP contribution in [0.1, 0.15) is 37.4 Å². The van der Waals surface area contributed by atoms with Gasteiger partial charge in [-0.25, -0.2) is 0 Å². The van der Waals surface area contributed by atoms with E-state index in [9.17, 15) is 5.11 Å². The molecule has 3 nitrogen and oxygen atoms in total. The first kappa shape index (κ1) is 10.7. The van der Waals surface area contributed by atoms with Crippen LogP contribution in [0.25, 0.3) is 0 Å². The second-order valence-corrected chi connectivity index (χ2v) is 4.93. The Morgan fingerprint density at radius 3 is 2.67 bits per heavy atom. The molecule has 0 bridgehead atoms. The average molecular weight is 209 g/mol. The lowest BCUT2D eigenvalue weighted by Crippen LogP contribution is -2.46. The van der Waals surface area contributed by atoms with E-state index in [0.717, 1.165) is 18.6 Å². The van der Waals surface area contributed by atoms with Crippen LogP contribution in [0.3, 0.4) is 0 Å². The Kier molecular flexibility index (Phi) is 2.61. The molecule has 15 heavy (non-hydrogen) atoms. The number of nitrogens with two attached hydrogens (primary N) is 1. The summed E-state index contributed by atoms with van der Waals surface area (Å²) in [5.41, 5.74) is 5.63. The SMILES string of the molecule is Cc1ccc(C(O)C2(CN)CC(C)C2)o1. The van der Waals surface area contributed by atoms with Crippen molar-refractivity contribution in [3.8, 4) is 0 Å². The number of furan rings is 1. The fourth-order valence-corrected chi connectivity index (χ4v) is 2.73. The largest absolute Gasteiger partial charge is 0.464 e. The van der Waals surface area contributed by atoms with Crippen molar-refractivity contribution in [3.05, 3.63) is 23.7 Å². The number of rotatable bonds is 3. The lowest BCUT2D eigenvalue weighted by molar-refractivity contribution is -0.0703. The van der Waals surface area contributed by atoms with Crippen molar-refractivity contribution in [1.82, 2.24) is 0 Å². The van der Waals surface area contributed by atoms with Gasteiger partial charge in [0.05, 0.1) is 0 Å². The van der Waals surface area contributed by atoms with Crippen LogP contribution in [0.2, 0.25) is 0 Å². The van der Waals surface area contributed by atoms with Crippen molar-refractivity contribution in [3.63, 3.8) is 0 Å². The van der Waals surface area contributed by atoms with Crippen LogP contribution in [0, 0.1) is 18.3 Å². The van der Waals surface area contributed by atoms with E-state index in [1.807, 2.05) is 19.1 Å². The third kappa shape index (κ3) is 1.70. The van der Waals surface area contributed by atoms with Crippen LogP contribution in [0.15, 0.2) is 16.5 Å². The zero-order valence-corrected chi connectivity index (χ0v) is 9.36. The van der Waals surface area contributed by atoms with E-state index < -0.39 is 6.10 Å². The summed E-state index contributed by atoms with van der Waals surface area (Å²) in [6.45, 7) is 4.60. The highest BCUT2D eigenvalue weighted by atomic mass is 16.4. The molecule has 2 rings (SSSR count). The Morgan fingerprint density at radius 1 is 1.60 bits per heavy atom. The molecule has 1 heterocycles. The first-order valence-corrected chi connectivity index (χ1v) is 5.52. The van der Waals surface area contributed by atoms with Crippen LogP contribution >= 0.6 is 0 Å². The summed E-state index contributed by atoms with van der Waals surface area (Å²) < 4.78 is 5.46. The summed E-state index contributed by atoms with van der Waals surface area (Å²) >= 11 is 0. The average Bonchev–Trinajstić information content (AvgIpc) is 2.58. The van der Waals surface area contributed by atoms with E-state index in [4.69, 9.17) is 10.2 Å². The van der Waals surface area contributed by atoms with Gasteiger partial charge in [0.1, 0.15) is 17.6 Å². The Morgan fingerprint density at radius 2 is 2.27 bits per heavy atom. The Bertz CT molecular complexity index is 339. The molecule has 1 fully saturated rings. The number of aliphatic hydroxyl groups excluding tert-OH is 1. The molecule has 3 heteroatoms. The van der Waals surface area contributed by atoms with Gasteiger partial charge in [0.25, 0.3) is 0 Å². The van der Waals surface area contributed by atoms with Crippen molar-refractivity contribution in [2.75, 3.05) is 6.54 Å². The van der Waals surface area contributed by atoms with Crippen LogP contribution in [-0.4, -0.2) is 11.7 Å². The van der Waals surface area contributed by atoms with E-state index in [1.54, 1.807) is 0 Å². The summed E-state index contributed by atoms with van der Waals surface area (Å²) in [7, 11) is 0. The van der Waals surface area contributed by atoms with Gasteiger partial charge in [-0.1, -0.05) is 6.92 Å². The molecule has 0 spiro atoms. The standard InChI is InChI=1S/C12H19NO2/c1-8-5-12(6-8,7-13)11(14)10-4-3-9(2)15-10/h3-4,8,11,14H,5-7,13H2,1-2H3. The predicted octanol–water partition coefficient (Wildman–Crippen LogP) is 2.00. The molecule has 1 saturated carbocycles. The second-order valence-electron chi connectivity index (χ2n) is 4.93. The minimum atomic E-state index is -0.549. The lowest BCUT2D eigenvalue weighted by atomic mass is 9.59. The zero-order valence-electron chi connectivity index (χ0n) is 9.36. The quantitative estimate of drug-likeness (QED) is 0.800. The van der Waals surface area contributed by atoms with E-state index >= 15 is 0 Å². The molecule has 0 aliphatic heterocycles. The van der Waals surface area contributed by atoms with Gasteiger partial charge in [0.2, 0.25) is 0 Å². The first-order chi connectivity index (χ1) is 7.07. The molecule has 1 aliphatic carbocycles. The molecule has 1 aromatic rings. The summed E-state index contributed by atoms with van der Waals surface area (Å²) in [6, 6.07) is 3.73. The summed E-state index contributed by atoms with van der Waals surface area (Å²) in [4.78, 5) is 0. The fraction of sp³-hybridized carbons (Fsp3) is 0.667. The Hall–Kier alpha value is -0.800. The topological polar surface area (TPSA) is 59.4 Å². The number of hydrogen-bond acceptors (Lipinski definition) is 3. The predicted molar refractivity (Wildman–Crippen MR) is 58.3 cm³/mol. The van der Waals surface area contributed by atoms with Gasteiger partial charge in [0, 0.05) is 12.0 Å². The molecular weight excluding hydrogens is 190 g/mol. The van der Waals surface area contributed by atoms with Gasteiger partial charge in [-0.3, -0.25) is 0 Å². The van der Waals surface area contributed by atoms with E-state index in [0.29, 0.717) is 18.2 Å². The molecule has 3 N–H and O–H groups in total. The fourth-order valence-electron chi connectivity index (χ4n) is 2.73. The molecular formula is C12H19NO2. The van der Waals surface area contributed by atoms with Crippen molar-refractivity contribution in [2.24, 2.45) is 17.1 Å². The van der Waals surface area contributed by atoms with Crippen molar-refractivity contribution < 1.29 is 9.52 Å². The maximum atomic E-state index is 10.2. The van der Waals surface area contributed by atoms with Gasteiger partial charge in [0.15, 0.2) is 0 Å². The molecule has 1 aliphatic rings. The monoisotopic (exact) mass is 209 g/mol. The summed E-state index contributed by atoms with van der Waals surface area (Å²) in [5, 5.41) is 10.2. The van der Waals surface area contributed by atoms with E-state index in [-0.39, 0.29) is 5.41 Å². The lowest BCUT2D eigenvalue weighted by Gasteiger charge is -2.48. The number of aryl methyl sites for hydroxylation is 1. The molecule has 0 saturated heterocycles. The van der Waals surface area contributed by atoms with Gasteiger partial charge in [-0.05, 0) is 37.8 Å². The normalized spacial score (nSPS) is 32.4. The van der Waals surface area contributed by atoms with Gasteiger partial charge >= 0.3 is 0 Å². The van der Waals surface area contributed by atoms with Gasteiger partial charge in [-0.2, -0.15) is 0 Å². The van der Waals surface area contributed by atoms with E-state index in [2.05, 4.69) is 6.92 Å². The van der Waals surface area contributed by atoms with Crippen LogP contribution < -0.4 is 5.73 Å². The van der Waals surface area contributed by atoms with E-state index in [1.165, 1.54) is 0 Å². The highest BCUT2D eigenvalue weighted by Crippen LogP contribution is 2.52. The smallest absolute Gasteiger partial charge is 0.133 e. The molecule has 1 unspecified atom stereocenters. The van der Waals surface area contributed by atoms with Crippen LogP contribution in [0.4, 0.5) is 0 Å². The molecule has 84 valence electrons. The Balaban J connectivity index is 2.16. The molecule has 0 radical (unpaired) electrons. The van der Waals surface area contributed by atoms with Crippen LogP contribution in [-0.2, 0) is 0 Å². The molecule has 1 atom stereocenters. The molecule has 0 amide bonds. The number of hydrogen-bond donors (Lipinski definition) is 2. The summed E-state index contributed by atoms with van der Waals surface area (Å²) in [5.74, 6) is 2.16. The third-order valence-corrected chi connectivity index (χ3v) is 3.53. The van der Waals surface area contributed by atoms with Gasteiger partial charge < -0.3 is 15.3 Å². The molecule has 1 aromatic heterocycles. The highest BCUT2D eigenvalue weighted by molar-refractivity contribution is 5.13. The molecule has 0 aromatic carbocycles. The van der Waals surface area contributed by atoms with Crippen LogP contribution in [0.5, 0.6) is 0 Å². The van der Waals surface area contributed by atoms with Crippen molar-refractivity contribution in [2.45, 2.75) is 32.8 Å². The summed E-state index contributed by atoms with van der Waals surface area (Å²) in [6.07, 6.45) is 1.43. The van der Waals surface area contributed by atoms with Crippen molar-refractivity contribution >= 4 is 0 Å². The highest BCUT2D eigenvalue weighted by Gasteiger charge is 2.48. The zero-order chi connectivity index (χ0) is 11.1. The first-order valence-electron chi connectivity index (χ1n) is 5.52. The minimum absolute atomic E-state index is 0.149. The Labute approximate surface area is 90.3 Å². The number of aliphatic hydroxyl groups is 1. The van der Waals surface area contributed by atoms with Crippen molar-refractivity contribution in [1.29, 1.82) is 0 Å². The third-order valence-electron chi connectivity index (χ3n) is 3.53. The maximum absolute atomic E-state index is 10.2. The second kappa shape index (κ2) is 3.65.